The molecule has 2 nitrogen and oxygen atoms in total. The Balaban J connectivity index is 2.00. The number of aromatic nitrogens is 1. The fourth-order valence-corrected chi connectivity index (χ4v) is 2.57. The first kappa shape index (κ1) is 9.97. The Labute approximate surface area is 89.8 Å². The van der Waals surface area contributed by atoms with Crippen molar-refractivity contribution in [1.82, 2.24) is 4.98 Å². The summed E-state index contributed by atoms with van der Waals surface area (Å²) in [7, 11) is 0. The maximum absolute atomic E-state index is 4.50. The van der Waals surface area contributed by atoms with E-state index in [9.17, 15) is 0 Å². The van der Waals surface area contributed by atoms with Gasteiger partial charge in [-0.15, -0.1) is 11.3 Å². The molecular weight excluding hydrogens is 192 g/mol. The first-order chi connectivity index (χ1) is 6.55. The van der Waals surface area contributed by atoms with Gasteiger partial charge >= 0.3 is 0 Å². The van der Waals surface area contributed by atoms with Crippen LogP contribution in [0.1, 0.15) is 37.3 Å². The summed E-state index contributed by atoms with van der Waals surface area (Å²) in [5, 5.41) is 4.63. The second kappa shape index (κ2) is 3.23. The van der Waals surface area contributed by atoms with E-state index in [-0.39, 0.29) is 0 Å². The molecule has 1 aromatic rings. The Morgan fingerprint density at radius 3 is 2.71 bits per heavy atom. The van der Waals surface area contributed by atoms with Crippen LogP contribution in [-0.4, -0.2) is 11.0 Å². The third kappa shape index (κ3) is 1.65. The summed E-state index contributed by atoms with van der Waals surface area (Å²) in [6.45, 7) is 8.81. The molecule has 0 amide bonds. The molecule has 1 aromatic heterocycles. The van der Waals surface area contributed by atoms with Crippen molar-refractivity contribution in [3.05, 3.63) is 10.6 Å². The maximum Gasteiger partial charge on any atom is 0.183 e. The maximum atomic E-state index is 4.50. The van der Waals surface area contributed by atoms with Crippen LogP contribution in [0.3, 0.4) is 0 Å². The number of thiazole rings is 1. The van der Waals surface area contributed by atoms with E-state index in [1.807, 2.05) is 0 Å². The highest BCUT2D eigenvalue weighted by Crippen LogP contribution is 2.50. The van der Waals surface area contributed by atoms with Gasteiger partial charge in [-0.05, 0) is 32.1 Å². The van der Waals surface area contributed by atoms with Gasteiger partial charge < -0.3 is 5.32 Å². The van der Waals surface area contributed by atoms with Crippen molar-refractivity contribution >= 4 is 16.5 Å². The lowest BCUT2D eigenvalue weighted by atomic mass is 10.1. The van der Waals surface area contributed by atoms with Crippen LogP contribution in [0.4, 0.5) is 5.13 Å². The third-order valence-corrected chi connectivity index (χ3v) is 4.49. The topological polar surface area (TPSA) is 24.9 Å². The monoisotopic (exact) mass is 210 g/mol. The smallest absolute Gasteiger partial charge is 0.183 e. The van der Waals surface area contributed by atoms with Crippen molar-refractivity contribution in [3.8, 4) is 0 Å². The van der Waals surface area contributed by atoms with Gasteiger partial charge in [-0.1, -0.05) is 13.8 Å². The third-order valence-electron chi connectivity index (χ3n) is 3.49. The summed E-state index contributed by atoms with van der Waals surface area (Å²) in [6.07, 6.45) is 2.55. The molecule has 0 spiro atoms. The number of aryl methyl sites for hydroxylation is 2. The molecule has 1 heterocycles. The average molecular weight is 210 g/mol. The van der Waals surface area contributed by atoms with E-state index in [1.54, 1.807) is 11.3 Å². The molecule has 0 aromatic carbocycles. The number of hydrogen-bond acceptors (Lipinski definition) is 3. The van der Waals surface area contributed by atoms with Crippen molar-refractivity contribution in [3.63, 3.8) is 0 Å². The van der Waals surface area contributed by atoms with Crippen LogP contribution in [-0.2, 0) is 0 Å². The van der Waals surface area contributed by atoms with Crippen LogP contribution >= 0.6 is 11.3 Å². The summed E-state index contributed by atoms with van der Waals surface area (Å²) in [6, 6.07) is 0.650. The minimum absolute atomic E-state index is 0.521. The standard InChI is InChI=1S/C11H18N2S/c1-5-11(4)6-9(11)13-10-12-7(2)8(3)14-10/h9H,5-6H2,1-4H3,(H,12,13). The van der Waals surface area contributed by atoms with E-state index in [2.05, 4.69) is 38.0 Å². The SMILES string of the molecule is CCC1(C)CC1Nc1nc(C)c(C)s1. The van der Waals surface area contributed by atoms with Gasteiger partial charge in [0.15, 0.2) is 5.13 Å². The molecule has 0 radical (unpaired) electrons. The predicted molar refractivity (Wildman–Crippen MR) is 62.0 cm³/mol. The summed E-state index contributed by atoms with van der Waals surface area (Å²) >= 11 is 1.77. The molecule has 1 aliphatic carbocycles. The molecule has 3 heteroatoms. The Hall–Kier alpha value is -0.570. The highest BCUT2D eigenvalue weighted by Gasteiger charge is 2.48. The van der Waals surface area contributed by atoms with Crippen LogP contribution < -0.4 is 5.32 Å². The normalized spacial score (nSPS) is 30.4. The van der Waals surface area contributed by atoms with Gasteiger partial charge in [-0.3, -0.25) is 0 Å². The summed E-state index contributed by atoms with van der Waals surface area (Å²) in [5.74, 6) is 0. The van der Waals surface area contributed by atoms with Gasteiger partial charge in [0, 0.05) is 10.9 Å². The fourth-order valence-electron chi connectivity index (χ4n) is 1.71. The van der Waals surface area contributed by atoms with Gasteiger partial charge in [-0.2, -0.15) is 0 Å². The summed E-state index contributed by atoms with van der Waals surface area (Å²) in [5.41, 5.74) is 1.68. The second-order valence-corrected chi connectivity index (χ2v) is 5.77. The van der Waals surface area contributed by atoms with Gasteiger partial charge in [-0.25, -0.2) is 4.98 Å². The zero-order valence-electron chi connectivity index (χ0n) is 9.35. The molecule has 0 bridgehead atoms. The number of hydrogen-bond donors (Lipinski definition) is 1. The van der Waals surface area contributed by atoms with E-state index in [0.29, 0.717) is 11.5 Å². The highest BCUT2D eigenvalue weighted by atomic mass is 32.1. The van der Waals surface area contributed by atoms with Gasteiger partial charge in [0.05, 0.1) is 5.69 Å². The Bertz CT molecular complexity index is 326. The van der Waals surface area contributed by atoms with Crippen LogP contribution in [0.5, 0.6) is 0 Å². The molecule has 14 heavy (non-hydrogen) atoms. The Morgan fingerprint density at radius 2 is 2.29 bits per heavy atom. The van der Waals surface area contributed by atoms with Gasteiger partial charge in [0.2, 0.25) is 0 Å². The van der Waals surface area contributed by atoms with E-state index in [1.165, 1.54) is 17.7 Å². The molecule has 1 aliphatic rings. The van der Waals surface area contributed by atoms with Crippen molar-refractivity contribution in [2.75, 3.05) is 5.32 Å². The Morgan fingerprint density at radius 1 is 1.57 bits per heavy atom. The summed E-state index contributed by atoms with van der Waals surface area (Å²) < 4.78 is 0. The fraction of sp³-hybridized carbons (Fsp3) is 0.727. The molecule has 2 rings (SSSR count). The molecule has 0 saturated heterocycles. The number of anilines is 1. The molecule has 2 atom stereocenters. The van der Waals surface area contributed by atoms with Crippen LogP contribution in [0.25, 0.3) is 0 Å². The van der Waals surface area contributed by atoms with Crippen molar-refractivity contribution in [1.29, 1.82) is 0 Å². The lowest BCUT2D eigenvalue weighted by Gasteiger charge is -2.07. The molecule has 2 unspecified atom stereocenters. The zero-order chi connectivity index (χ0) is 10.3. The van der Waals surface area contributed by atoms with E-state index in [4.69, 9.17) is 0 Å². The zero-order valence-corrected chi connectivity index (χ0v) is 10.2. The predicted octanol–water partition coefficient (Wildman–Crippen LogP) is 3.36. The molecule has 1 N–H and O–H groups in total. The van der Waals surface area contributed by atoms with Crippen LogP contribution in [0.15, 0.2) is 0 Å². The van der Waals surface area contributed by atoms with Crippen LogP contribution in [0.2, 0.25) is 0 Å². The molecule has 1 fully saturated rings. The number of rotatable bonds is 3. The first-order valence-corrected chi connectivity index (χ1v) is 6.07. The quantitative estimate of drug-likeness (QED) is 0.827. The van der Waals surface area contributed by atoms with E-state index in [0.717, 1.165) is 10.8 Å². The lowest BCUT2D eigenvalue weighted by molar-refractivity contribution is 0.535. The largest absolute Gasteiger partial charge is 0.358 e. The Kier molecular flexibility index (Phi) is 2.30. The first-order valence-electron chi connectivity index (χ1n) is 5.26. The van der Waals surface area contributed by atoms with Crippen LogP contribution in [0, 0.1) is 19.3 Å². The minimum Gasteiger partial charge on any atom is -0.358 e. The molecule has 0 aliphatic heterocycles. The number of nitrogens with zero attached hydrogens (tertiary/aromatic N) is 1. The highest BCUT2D eigenvalue weighted by molar-refractivity contribution is 7.15. The molecule has 78 valence electrons. The van der Waals surface area contributed by atoms with E-state index >= 15 is 0 Å². The average Bonchev–Trinajstić information content (AvgIpc) is 2.66. The van der Waals surface area contributed by atoms with Crippen molar-refractivity contribution in [2.24, 2.45) is 5.41 Å². The lowest BCUT2D eigenvalue weighted by Crippen LogP contribution is -2.09. The number of nitrogens with one attached hydrogen (secondary N) is 1. The minimum atomic E-state index is 0.521. The van der Waals surface area contributed by atoms with Crippen molar-refractivity contribution < 1.29 is 0 Å². The van der Waals surface area contributed by atoms with E-state index < -0.39 is 0 Å². The molecular formula is C11H18N2S. The second-order valence-electron chi connectivity index (χ2n) is 4.57. The van der Waals surface area contributed by atoms with Crippen molar-refractivity contribution in [2.45, 2.75) is 46.6 Å². The van der Waals surface area contributed by atoms with Gasteiger partial charge in [0.1, 0.15) is 0 Å². The molecule has 1 saturated carbocycles. The summed E-state index contributed by atoms with van der Waals surface area (Å²) in [4.78, 5) is 5.82. The van der Waals surface area contributed by atoms with Gasteiger partial charge in [0.25, 0.3) is 0 Å².